The fraction of sp³-hybridized carbons (Fsp3) is 0.125. The van der Waals surface area contributed by atoms with Crippen molar-refractivity contribution in [3.63, 3.8) is 0 Å². The molecule has 0 unspecified atom stereocenters. The number of alkyl halides is 3. The van der Waals surface area contributed by atoms with Crippen molar-refractivity contribution in [2.24, 2.45) is 5.73 Å². The van der Waals surface area contributed by atoms with Crippen molar-refractivity contribution in [3.05, 3.63) is 32.6 Å². The largest absolute Gasteiger partial charge is 0.417 e. The number of hydrogen-bond acceptors (Lipinski definition) is 1. The maximum Gasteiger partial charge on any atom is 0.417 e. The van der Waals surface area contributed by atoms with Crippen LogP contribution >= 0.6 is 22.6 Å². The summed E-state index contributed by atoms with van der Waals surface area (Å²) in [6, 6.07) is 1.57. The third-order valence-electron chi connectivity index (χ3n) is 1.65. The molecule has 0 atom stereocenters. The van der Waals surface area contributed by atoms with E-state index in [-0.39, 0.29) is 3.57 Å². The zero-order valence-electron chi connectivity index (χ0n) is 7.03. The molecule has 0 radical (unpaired) electrons. The van der Waals surface area contributed by atoms with Gasteiger partial charge in [0.25, 0.3) is 5.91 Å². The second kappa shape index (κ2) is 3.95. The highest BCUT2D eigenvalue weighted by Gasteiger charge is 2.36. The number of carbonyl (C=O) groups is 1. The lowest BCUT2D eigenvalue weighted by Gasteiger charge is -2.11. The van der Waals surface area contributed by atoms with E-state index in [9.17, 15) is 22.4 Å². The number of hydrogen-bond donors (Lipinski definition) is 1. The molecule has 0 aliphatic carbocycles. The van der Waals surface area contributed by atoms with Crippen LogP contribution in [0.1, 0.15) is 15.9 Å². The van der Waals surface area contributed by atoms with Crippen LogP contribution < -0.4 is 5.73 Å². The average Bonchev–Trinajstić information content (AvgIpc) is 2.06. The topological polar surface area (TPSA) is 43.1 Å². The summed E-state index contributed by atoms with van der Waals surface area (Å²) in [5, 5.41) is 0. The smallest absolute Gasteiger partial charge is 0.365 e. The van der Waals surface area contributed by atoms with Crippen molar-refractivity contribution in [1.29, 1.82) is 0 Å². The van der Waals surface area contributed by atoms with E-state index in [1.807, 2.05) is 0 Å². The van der Waals surface area contributed by atoms with Gasteiger partial charge in [0.1, 0.15) is 5.82 Å². The van der Waals surface area contributed by atoms with Crippen molar-refractivity contribution >= 4 is 28.5 Å². The molecule has 2 nitrogen and oxygen atoms in total. The first kappa shape index (κ1) is 12.2. The second-order valence-corrected chi connectivity index (χ2v) is 3.81. The summed E-state index contributed by atoms with van der Waals surface area (Å²) in [4.78, 5) is 10.7. The highest BCUT2D eigenvalue weighted by Crippen LogP contribution is 2.34. The molecule has 1 aromatic carbocycles. The van der Waals surface area contributed by atoms with E-state index in [4.69, 9.17) is 5.73 Å². The van der Waals surface area contributed by atoms with Crippen LogP contribution in [0.2, 0.25) is 0 Å². The number of rotatable bonds is 1. The molecule has 0 heterocycles. The predicted molar refractivity (Wildman–Crippen MR) is 52.6 cm³/mol. The number of primary amides is 1. The Labute approximate surface area is 95.6 Å². The van der Waals surface area contributed by atoms with Crippen LogP contribution in [0.5, 0.6) is 0 Å². The van der Waals surface area contributed by atoms with Crippen LogP contribution in [-0.4, -0.2) is 5.91 Å². The van der Waals surface area contributed by atoms with Crippen molar-refractivity contribution < 1.29 is 22.4 Å². The minimum atomic E-state index is -4.80. The molecule has 0 saturated heterocycles. The lowest BCUT2D eigenvalue weighted by molar-refractivity contribution is -0.138. The lowest BCUT2D eigenvalue weighted by Crippen LogP contribution is -2.21. The van der Waals surface area contributed by atoms with E-state index < -0.39 is 29.0 Å². The molecule has 0 saturated carbocycles. The number of benzene rings is 1. The van der Waals surface area contributed by atoms with Crippen molar-refractivity contribution in [2.75, 3.05) is 0 Å². The maximum atomic E-state index is 13.2. The van der Waals surface area contributed by atoms with Gasteiger partial charge in [-0.2, -0.15) is 13.2 Å². The Morgan fingerprint density at radius 2 is 1.87 bits per heavy atom. The molecule has 15 heavy (non-hydrogen) atoms. The van der Waals surface area contributed by atoms with Crippen molar-refractivity contribution in [2.45, 2.75) is 6.18 Å². The molecule has 2 N–H and O–H groups in total. The Kier molecular flexibility index (Phi) is 3.22. The Morgan fingerprint density at radius 1 is 1.33 bits per heavy atom. The van der Waals surface area contributed by atoms with Gasteiger partial charge in [0.05, 0.1) is 11.1 Å². The van der Waals surface area contributed by atoms with Gasteiger partial charge < -0.3 is 5.73 Å². The molecule has 0 aromatic heterocycles. The van der Waals surface area contributed by atoms with Crippen molar-refractivity contribution in [3.8, 4) is 0 Å². The predicted octanol–water partition coefficient (Wildman–Crippen LogP) is 2.55. The van der Waals surface area contributed by atoms with Gasteiger partial charge in [0, 0.05) is 3.57 Å². The van der Waals surface area contributed by atoms with Gasteiger partial charge in [-0.05, 0) is 34.7 Å². The molecule has 1 aromatic rings. The summed E-state index contributed by atoms with van der Waals surface area (Å²) in [7, 11) is 0. The van der Waals surface area contributed by atoms with E-state index in [1.54, 1.807) is 0 Å². The summed E-state index contributed by atoms with van der Waals surface area (Å²) < 4.78 is 50.2. The molecule has 0 spiro atoms. The Morgan fingerprint density at radius 3 is 2.27 bits per heavy atom. The number of halogens is 5. The first-order valence-electron chi connectivity index (χ1n) is 3.60. The molecule has 1 rings (SSSR count). The van der Waals surface area contributed by atoms with Crippen molar-refractivity contribution in [1.82, 2.24) is 0 Å². The summed E-state index contributed by atoms with van der Waals surface area (Å²) >= 11 is 1.48. The van der Waals surface area contributed by atoms with Crippen LogP contribution in [0.15, 0.2) is 12.1 Å². The standard InChI is InChI=1S/C8H4F4INO/c9-6-4(13)2-1-3(8(10,11)12)5(6)7(14)15/h1-2H,(H2,14,15). The first-order chi connectivity index (χ1) is 6.75. The maximum absolute atomic E-state index is 13.2. The fourth-order valence-corrected chi connectivity index (χ4v) is 1.48. The van der Waals surface area contributed by atoms with Gasteiger partial charge in [-0.15, -0.1) is 0 Å². The minimum Gasteiger partial charge on any atom is -0.365 e. The molecule has 0 aliphatic heterocycles. The third-order valence-corrected chi connectivity index (χ3v) is 2.48. The van der Waals surface area contributed by atoms with Gasteiger partial charge in [-0.1, -0.05) is 0 Å². The molecule has 0 aliphatic rings. The molecule has 7 heteroatoms. The number of amides is 1. The monoisotopic (exact) mass is 333 g/mol. The molecular formula is C8H4F4INO. The molecule has 82 valence electrons. The fourth-order valence-electron chi connectivity index (χ4n) is 1.03. The summed E-state index contributed by atoms with van der Waals surface area (Å²) in [5.41, 5.74) is 2.23. The Bertz CT molecular complexity index is 416. The van der Waals surface area contributed by atoms with Gasteiger partial charge in [-0.25, -0.2) is 4.39 Å². The van der Waals surface area contributed by atoms with Gasteiger partial charge in [0.15, 0.2) is 0 Å². The van der Waals surface area contributed by atoms with E-state index in [0.717, 1.165) is 6.07 Å². The van der Waals surface area contributed by atoms with Crippen LogP contribution in [-0.2, 0) is 6.18 Å². The zero-order valence-corrected chi connectivity index (χ0v) is 9.19. The third kappa shape index (κ3) is 2.39. The average molecular weight is 333 g/mol. The van der Waals surface area contributed by atoms with Gasteiger partial charge in [-0.3, -0.25) is 4.79 Å². The van der Waals surface area contributed by atoms with Crippen LogP contribution in [0.25, 0.3) is 0 Å². The summed E-state index contributed by atoms with van der Waals surface area (Å²) in [5.74, 6) is -2.67. The zero-order chi connectivity index (χ0) is 11.8. The van der Waals surface area contributed by atoms with Gasteiger partial charge in [0.2, 0.25) is 0 Å². The highest BCUT2D eigenvalue weighted by molar-refractivity contribution is 14.1. The first-order valence-corrected chi connectivity index (χ1v) is 4.68. The van der Waals surface area contributed by atoms with Gasteiger partial charge >= 0.3 is 6.18 Å². The summed E-state index contributed by atoms with van der Waals surface area (Å²) in [6.07, 6.45) is -4.80. The normalized spacial score (nSPS) is 11.5. The SMILES string of the molecule is NC(=O)c1c(C(F)(F)F)ccc(I)c1F. The Hall–Kier alpha value is -0.860. The molecule has 0 fully saturated rings. The van der Waals surface area contributed by atoms with E-state index >= 15 is 0 Å². The second-order valence-electron chi connectivity index (χ2n) is 2.65. The van der Waals surface area contributed by atoms with E-state index in [1.165, 1.54) is 22.6 Å². The number of nitrogens with two attached hydrogens (primary N) is 1. The number of carbonyl (C=O) groups excluding carboxylic acids is 1. The van der Waals surface area contributed by atoms with Crippen LogP contribution in [0.4, 0.5) is 17.6 Å². The lowest BCUT2D eigenvalue weighted by atomic mass is 10.1. The highest BCUT2D eigenvalue weighted by atomic mass is 127. The molecule has 0 bridgehead atoms. The summed E-state index contributed by atoms with van der Waals surface area (Å²) in [6.45, 7) is 0. The van der Waals surface area contributed by atoms with E-state index in [2.05, 4.69) is 0 Å². The Balaban J connectivity index is 3.55. The minimum absolute atomic E-state index is 0.0885. The quantitative estimate of drug-likeness (QED) is 0.623. The van der Waals surface area contributed by atoms with E-state index in [0.29, 0.717) is 6.07 Å². The molecular weight excluding hydrogens is 329 g/mol. The molecule has 1 amide bonds. The van der Waals surface area contributed by atoms with Crippen LogP contribution in [0, 0.1) is 9.39 Å². The van der Waals surface area contributed by atoms with Crippen LogP contribution in [0.3, 0.4) is 0 Å².